The highest BCUT2D eigenvalue weighted by Crippen LogP contribution is 2.33. The van der Waals surface area contributed by atoms with E-state index in [1.165, 1.54) is 0 Å². The lowest BCUT2D eigenvalue weighted by Gasteiger charge is -2.28. The van der Waals surface area contributed by atoms with Crippen molar-refractivity contribution in [2.75, 3.05) is 25.0 Å². The molecule has 50 heavy (non-hydrogen) atoms. The van der Waals surface area contributed by atoms with Gasteiger partial charge in [-0.2, -0.15) is 5.21 Å². The molecule has 2 aliphatic rings. The topological polar surface area (TPSA) is 180 Å². The largest absolute Gasteiger partial charge is 0.349 e. The number of carbonyl (C=O) groups excluding carboxylic acids is 3. The number of anilines is 1. The van der Waals surface area contributed by atoms with Gasteiger partial charge in [-0.25, -0.2) is 0 Å². The zero-order valence-electron chi connectivity index (χ0n) is 28.2. The predicted octanol–water partition coefficient (Wildman–Crippen LogP) is 4.41. The minimum atomic E-state index is -0.805. The van der Waals surface area contributed by atoms with Gasteiger partial charge in [-0.05, 0) is 123 Å². The fraction of sp³-hybridized carbons (Fsp3) is 0.405. The highest BCUT2D eigenvalue weighted by Gasteiger charge is 2.29. The van der Waals surface area contributed by atoms with Gasteiger partial charge in [0.2, 0.25) is 17.6 Å². The van der Waals surface area contributed by atoms with E-state index in [1.54, 1.807) is 24.3 Å². The summed E-state index contributed by atoms with van der Waals surface area (Å²) in [5.41, 5.74) is 11.1. The van der Waals surface area contributed by atoms with Gasteiger partial charge in [-0.1, -0.05) is 41.9 Å². The maximum atomic E-state index is 13.7. The number of hydrogen-bond acceptors (Lipinski definition) is 8. The number of aromatic nitrogens is 4. The van der Waals surface area contributed by atoms with E-state index in [1.807, 2.05) is 43.3 Å². The molecule has 3 aromatic carbocycles. The van der Waals surface area contributed by atoms with Crippen LogP contribution in [0.5, 0.6) is 0 Å². The van der Waals surface area contributed by atoms with Crippen molar-refractivity contribution in [3.8, 4) is 22.5 Å². The van der Waals surface area contributed by atoms with E-state index in [0.717, 1.165) is 79.4 Å². The summed E-state index contributed by atoms with van der Waals surface area (Å²) in [6.07, 6.45) is 5.43. The van der Waals surface area contributed by atoms with Crippen LogP contribution >= 0.6 is 11.6 Å². The first-order valence-electron chi connectivity index (χ1n) is 17.3. The van der Waals surface area contributed by atoms with Crippen LogP contribution in [0.2, 0.25) is 5.02 Å². The van der Waals surface area contributed by atoms with Crippen LogP contribution in [0.25, 0.3) is 22.5 Å². The summed E-state index contributed by atoms with van der Waals surface area (Å²) in [4.78, 5) is 40.2. The van der Waals surface area contributed by atoms with Crippen molar-refractivity contribution in [1.29, 1.82) is 0 Å². The Morgan fingerprint density at radius 3 is 2.28 bits per heavy atom. The van der Waals surface area contributed by atoms with Gasteiger partial charge in [-0.3, -0.25) is 14.4 Å². The fourth-order valence-electron chi connectivity index (χ4n) is 6.81. The lowest BCUT2D eigenvalue weighted by Crippen LogP contribution is -2.48. The monoisotopic (exact) mass is 697 g/mol. The second-order valence-corrected chi connectivity index (χ2v) is 13.7. The van der Waals surface area contributed by atoms with E-state index >= 15 is 0 Å². The molecule has 1 aliphatic carbocycles. The average Bonchev–Trinajstić information content (AvgIpc) is 3.69. The summed E-state index contributed by atoms with van der Waals surface area (Å²) in [6.45, 7) is 4.28. The summed E-state index contributed by atoms with van der Waals surface area (Å²) in [7, 11) is 0. The fourth-order valence-corrected chi connectivity index (χ4v) is 7.09. The molecule has 4 aromatic rings. The normalized spacial score (nSPS) is 18.6. The van der Waals surface area contributed by atoms with Gasteiger partial charge in [0.05, 0.1) is 5.02 Å². The van der Waals surface area contributed by atoms with Gasteiger partial charge < -0.3 is 27.0 Å². The number of nitrogens with zero attached hydrogens (tertiary/aromatic N) is 3. The van der Waals surface area contributed by atoms with Gasteiger partial charge in [0.15, 0.2) is 0 Å². The van der Waals surface area contributed by atoms with Crippen LogP contribution < -0.4 is 27.0 Å². The molecular formula is C37H44ClN9O3. The summed E-state index contributed by atoms with van der Waals surface area (Å²) in [5, 5.41) is 27.0. The van der Waals surface area contributed by atoms with Crippen molar-refractivity contribution in [1.82, 2.24) is 36.6 Å². The van der Waals surface area contributed by atoms with Crippen molar-refractivity contribution < 1.29 is 14.4 Å². The number of benzene rings is 3. The van der Waals surface area contributed by atoms with Gasteiger partial charge in [0.1, 0.15) is 6.04 Å². The summed E-state index contributed by atoms with van der Waals surface area (Å²) in [6, 6.07) is 18.0. The van der Waals surface area contributed by atoms with Crippen LogP contribution in [0, 0.1) is 18.8 Å². The zero-order chi connectivity index (χ0) is 35.0. The van der Waals surface area contributed by atoms with Crippen LogP contribution in [-0.2, 0) is 16.0 Å². The molecule has 6 rings (SSSR count). The Morgan fingerprint density at radius 1 is 0.920 bits per heavy atom. The Balaban J connectivity index is 1.16. The molecular weight excluding hydrogens is 654 g/mol. The van der Waals surface area contributed by atoms with E-state index in [-0.39, 0.29) is 29.7 Å². The first-order chi connectivity index (χ1) is 24.3. The molecule has 262 valence electrons. The number of tetrazole rings is 1. The number of rotatable bonds is 11. The van der Waals surface area contributed by atoms with Crippen molar-refractivity contribution >= 4 is 35.0 Å². The molecule has 1 saturated carbocycles. The molecule has 2 fully saturated rings. The van der Waals surface area contributed by atoms with Gasteiger partial charge in [0.25, 0.3) is 5.91 Å². The molecule has 2 heterocycles. The Morgan fingerprint density at radius 2 is 1.62 bits per heavy atom. The lowest BCUT2D eigenvalue weighted by atomic mass is 9.81. The molecule has 1 saturated heterocycles. The maximum Gasteiger partial charge on any atom is 0.251 e. The van der Waals surface area contributed by atoms with Crippen molar-refractivity contribution in [2.45, 2.75) is 64.0 Å². The highest BCUT2D eigenvalue weighted by molar-refractivity contribution is 6.34. The summed E-state index contributed by atoms with van der Waals surface area (Å²) < 4.78 is 0. The summed E-state index contributed by atoms with van der Waals surface area (Å²) in [5.74, 6) is 0.196. The number of nitrogens with one attached hydrogen (secondary N) is 5. The van der Waals surface area contributed by atoms with Crippen molar-refractivity contribution in [3.63, 3.8) is 0 Å². The van der Waals surface area contributed by atoms with Crippen LogP contribution in [-0.4, -0.2) is 70.1 Å². The number of nitrogens with two attached hydrogens (primary N) is 1. The minimum absolute atomic E-state index is 0.111. The predicted molar refractivity (Wildman–Crippen MR) is 193 cm³/mol. The van der Waals surface area contributed by atoms with E-state index < -0.39 is 6.04 Å². The second kappa shape index (κ2) is 16.4. The lowest BCUT2D eigenvalue weighted by molar-refractivity contribution is -0.130. The third kappa shape index (κ3) is 8.55. The summed E-state index contributed by atoms with van der Waals surface area (Å²) >= 11 is 6.84. The van der Waals surface area contributed by atoms with Crippen molar-refractivity contribution in [2.24, 2.45) is 17.6 Å². The molecule has 0 radical (unpaired) electrons. The molecule has 1 aromatic heterocycles. The molecule has 1 atom stereocenters. The Labute approximate surface area is 296 Å². The standard InChI is InChI=1S/C37H44ClN9O3/c1-22-30(36(49)41-29-16-18-40-19-17-29)14-15-31(33(22)38)25-6-2-23(3-7-25)20-32(43-35(48)27-8-4-24(21-39)5-9-27)37(50)42-28-12-10-26(11-13-28)34-44-46-47-45-34/h2-3,6-7,10-15,24,27,29,32,40H,4-5,8-9,16-21,39H2,1H3,(H,41,49)(H,42,50)(H,43,48)(H,44,45,46,47). The molecule has 0 bridgehead atoms. The zero-order valence-corrected chi connectivity index (χ0v) is 28.9. The quantitative estimate of drug-likeness (QED) is 0.133. The van der Waals surface area contributed by atoms with E-state index in [4.69, 9.17) is 17.3 Å². The Bertz CT molecular complexity index is 1770. The maximum absolute atomic E-state index is 13.7. The third-order valence-corrected chi connectivity index (χ3v) is 10.4. The number of carbonyl (C=O) groups is 3. The third-order valence-electron chi connectivity index (χ3n) is 9.95. The molecule has 1 unspecified atom stereocenters. The van der Waals surface area contributed by atoms with Crippen LogP contribution in [0.1, 0.15) is 60.0 Å². The van der Waals surface area contributed by atoms with Gasteiger partial charge in [0, 0.05) is 40.8 Å². The molecule has 0 spiro atoms. The highest BCUT2D eigenvalue weighted by atomic mass is 35.5. The SMILES string of the molecule is Cc1c(C(=O)NC2CCNCC2)ccc(-c2ccc(CC(NC(=O)C3CCC(CN)CC3)C(=O)Nc3ccc(-c4nn[nH]n4)cc3)cc2)c1Cl. The minimum Gasteiger partial charge on any atom is -0.349 e. The molecule has 12 nitrogen and oxygen atoms in total. The van der Waals surface area contributed by atoms with Crippen molar-refractivity contribution in [3.05, 3.63) is 82.4 Å². The van der Waals surface area contributed by atoms with E-state index in [0.29, 0.717) is 41.0 Å². The average molecular weight is 698 g/mol. The van der Waals surface area contributed by atoms with Gasteiger partial charge >= 0.3 is 0 Å². The number of piperidine rings is 1. The smallest absolute Gasteiger partial charge is 0.251 e. The van der Waals surface area contributed by atoms with Crippen LogP contribution in [0.15, 0.2) is 60.7 Å². The Hall–Kier alpha value is -4.65. The molecule has 7 N–H and O–H groups in total. The van der Waals surface area contributed by atoms with Crippen LogP contribution in [0.3, 0.4) is 0 Å². The van der Waals surface area contributed by atoms with Gasteiger partial charge in [-0.15, -0.1) is 10.2 Å². The first-order valence-corrected chi connectivity index (χ1v) is 17.7. The van der Waals surface area contributed by atoms with E-state index in [9.17, 15) is 14.4 Å². The number of amides is 3. The number of hydrogen-bond donors (Lipinski definition) is 6. The van der Waals surface area contributed by atoms with Crippen LogP contribution in [0.4, 0.5) is 5.69 Å². The number of H-pyrrole nitrogens is 1. The van der Waals surface area contributed by atoms with E-state index in [2.05, 4.69) is 41.9 Å². The molecule has 3 amide bonds. The first kappa shape index (κ1) is 35.2. The molecule has 13 heteroatoms. The number of aromatic amines is 1. The Kier molecular flexibility index (Phi) is 11.5. The second-order valence-electron chi connectivity index (χ2n) is 13.3. The number of halogens is 1. The molecule has 1 aliphatic heterocycles.